The Bertz CT molecular complexity index is 468. The number of rotatable bonds is 2. The van der Waals surface area contributed by atoms with Crippen molar-refractivity contribution in [2.45, 2.75) is 12.3 Å². The number of benzene rings is 1. The first-order valence-corrected chi connectivity index (χ1v) is 5.49. The van der Waals surface area contributed by atoms with Crippen molar-refractivity contribution in [2.24, 2.45) is 5.92 Å². The maximum atomic E-state index is 9.03. The van der Waals surface area contributed by atoms with Gasteiger partial charge in [0.05, 0.1) is 4.70 Å². The van der Waals surface area contributed by atoms with Gasteiger partial charge in [-0.05, 0) is 41.4 Å². The lowest BCUT2D eigenvalue weighted by molar-refractivity contribution is 0.274. The van der Waals surface area contributed by atoms with Crippen molar-refractivity contribution < 1.29 is 5.11 Å². The van der Waals surface area contributed by atoms with Crippen LogP contribution in [-0.4, -0.2) is 21.3 Å². The van der Waals surface area contributed by atoms with Gasteiger partial charge in [-0.1, -0.05) is 16.6 Å². The molecule has 1 N–H and O–H groups in total. The quantitative estimate of drug-likeness (QED) is 0.814. The molecule has 1 aliphatic carbocycles. The molecule has 14 heavy (non-hydrogen) atoms. The number of hydrogen-bond acceptors (Lipinski definition) is 4. The van der Waals surface area contributed by atoms with Crippen molar-refractivity contribution in [3.8, 4) is 0 Å². The van der Waals surface area contributed by atoms with Crippen LogP contribution in [0.25, 0.3) is 10.2 Å². The van der Waals surface area contributed by atoms with Crippen LogP contribution < -0.4 is 0 Å². The van der Waals surface area contributed by atoms with Gasteiger partial charge < -0.3 is 5.11 Å². The molecule has 1 aliphatic rings. The highest BCUT2D eigenvalue weighted by Gasteiger charge is 2.38. The van der Waals surface area contributed by atoms with Crippen molar-refractivity contribution in [3.63, 3.8) is 0 Å². The van der Waals surface area contributed by atoms with Crippen LogP contribution in [0.5, 0.6) is 0 Å². The van der Waals surface area contributed by atoms with E-state index < -0.39 is 0 Å². The van der Waals surface area contributed by atoms with E-state index in [1.807, 2.05) is 12.1 Å². The Kier molecular flexibility index (Phi) is 1.78. The van der Waals surface area contributed by atoms with Crippen LogP contribution in [-0.2, 0) is 0 Å². The van der Waals surface area contributed by atoms with Crippen LogP contribution in [0.1, 0.15) is 17.9 Å². The van der Waals surface area contributed by atoms with Crippen LogP contribution in [0.15, 0.2) is 18.2 Å². The van der Waals surface area contributed by atoms with E-state index in [2.05, 4.69) is 15.7 Å². The lowest BCUT2D eigenvalue weighted by Gasteiger charge is -1.98. The second-order valence-corrected chi connectivity index (χ2v) is 4.51. The van der Waals surface area contributed by atoms with E-state index in [4.69, 9.17) is 5.11 Å². The summed E-state index contributed by atoms with van der Waals surface area (Å²) in [7, 11) is 0. The van der Waals surface area contributed by atoms with E-state index in [0.717, 1.165) is 11.9 Å². The molecule has 4 heteroatoms. The maximum absolute atomic E-state index is 9.03. The first-order chi connectivity index (χ1) is 6.90. The molecule has 0 amide bonds. The minimum Gasteiger partial charge on any atom is -0.396 e. The maximum Gasteiger partial charge on any atom is 0.106 e. The number of nitrogens with zero attached hydrogens (tertiary/aromatic N) is 2. The predicted octanol–water partition coefficient (Wildman–Crippen LogP) is 1.79. The van der Waals surface area contributed by atoms with E-state index >= 15 is 0 Å². The molecule has 72 valence electrons. The van der Waals surface area contributed by atoms with E-state index in [0.29, 0.717) is 18.4 Å². The molecule has 1 aromatic carbocycles. The Morgan fingerprint density at radius 3 is 3.21 bits per heavy atom. The fourth-order valence-corrected chi connectivity index (χ4v) is 2.69. The summed E-state index contributed by atoms with van der Waals surface area (Å²) in [6.45, 7) is 0.299. The Hall–Kier alpha value is -1.00. The lowest BCUT2D eigenvalue weighted by Crippen LogP contribution is -1.88. The molecule has 1 saturated carbocycles. The van der Waals surface area contributed by atoms with Gasteiger partial charge in [-0.25, -0.2) is 0 Å². The number of fused-ring (bicyclic) bond motifs is 1. The fraction of sp³-hybridized carbons (Fsp3) is 0.400. The molecule has 3 nitrogen and oxygen atoms in total. The average molecular weight is 206 g/mol. The van der Waals surface area contributed by atoms with Crippen LogP contribution in [0, 0.1) is 5.92 Å². The smallest absolute Gasteiger partial charge is 0.106 e. The molecular formula is C10H10N2OS. The van der Waals surface area contributed by atoms with E-state index in [-0.39, 0.29) is 0 Å². The Morgan fingerprint density at radius 2 is 2.43 bits per heavy atom. The third-order valence-electron chi connectivity index (χ3n) is 2.86. The molecule has 1 fully saturated rings. The SMILES string of the molecule is OCC1CC1c1cccc2nnsc12. The van der Waals surface area contributed by atoms with Gasteiger partial charge in [0.1, 0.15) is 5.52 Å². The molecular weight excluding hydrogens is 196 g/mol. The Balaban J connectivity index is 2.08. The summed E-state index contributed by atoms with van der Waals surface area (Å²) in [5.74, 6) is 0.994. The van der Waals surface area contributed by atoms with Crippen molar-refractivity contribution in [1.29, 1.82) is 0 Å². The Labute approximate surface area is 85.6 Å². The van der Waals surface area contributed by atoms with E-state index in [9.17, 15) is 0 Å². The molecule has 0 bridgehead atoms. The van der Waals surface area contributed by atoms with Gasteiger partial charge in [0, 0.05) is 6.61 Å². The van der Waals surface area contributed by atoms with Gasteiger partial charge in [0.2, 0.25) is 0 Å². The molecule has 1 heterocycles. The van der Waals surface area contributed by atoms with Crippen molar-refractivity contribution in [1.82, 2.24) is 9.59 Å². The van der Waals surface area contributed by atoms with Crippen molar-refractivity contribution in [2.75, 3.05) is 6.61 Å². The molecule has 0 saturated heterocycles. The number of hydrogen-bond donors (Lipinski definition) is 1. The molecule has 2 aromatic rings. The average Bonchev–Trinajstić information content (AvgIpc) is 2.85. The fourth-order valence-electron chi connectivity index (χ4n) is 1.95. The van der Waals surface area contributed by atoms with Crippen LogP contribution in [0.2, 0.25) is 0 Å². The number of aliphatic hydroxyl groups excluding tert-OH is 1. The van der Waals surface area contributed by atoms with E-state index in [1.165, 1.54) is 21.8 Å². The molecule has 0 aliphatic heterocycles. The summed E-state index contributed by atoms with van der Waals surface area (Å²) in [5, 5.41) is 13.1. The summed E-state index contributed by atoms with van der Waals surface area (Å²) in [6.07, 6.45) is 1.10. The largest absolute Gasteiger partial charge is 0.396 e. The standard InChI is InChI=1S/C10H10N2OS/c13-5-6-4-8(6)7-2-1-3-9-10(7)14-12-11-9/h1-3,6,8,13H,4-5H2. The topological polar surface area (TPSA) is 46.0 Å². The highest BCUT2D eigenvalue weighted by molar-refractivity contribution is 7.13. The van der Waals surface area contributed by atoms with Gasteiger partial charge in [0.15, 0.2) is 0 Å². The first kappa shape index (κ1) is 8.32. The zero-order chi connectivity index (χ0) is 9.54. The van der Waals surface area contributed by atoms with E-state index in [1.54, 1.807) is 0 Å². The zero-order valence-corrected chi connectivity index (χ0v) is 8.37. The summed E-state index contributed by atoms with van der Waals surface area (Å²) in [5.41, 5.74) is 2.30. The second kappa shape index (κ2) is 3.00. The van der Waals surface area contributed by atoms with Gasteiger partial charge in [-0.3, -0.25) is 0 Å². The van der Waals surface area contributed by atoms with Gasteiger partial charge in [-0.2, -0.15) is 0 Å². The van der Waals surface area contributed by atoms with Gasteiger partial charge in [0.25, 0.3) is 0 Å². The highest BCUT2D eigenvalue weighted by Crippen LogP contribution is 2.49. The predicted molar refractivity (Wildman–Crippen MR) is 55.3 cm³/mol. The zero-order valence-electron chi connectivity index (χ0n) is 7.55. The normalized spacial score (nSPS) is 25.5. The molecule has 3 rings (SSSR count). The van der Waals surface area contributed by atoms with Crippen LogP contribution in [0.3, 0.4) is 0 Å². The highest BCUT2D eigenvalue weighted by atomic mass is 32.1. The van der Waals surface area contributed by atoms with Gasteiger partial charge in [-0.15, -0.1) is 5.10 Å². The molecule has 2 unspecified atom stereocenters. The molecule has 0 radical (unpaired) electrons. The van der Waals surface area contributed by atoms with Crippen molar-refractivity contribution >= 4 is 21.7 Å². The molecule has 0 spiro atoms. The summed E-state index contributed by atoms with van der Waals surface area (Å²) in [4.78, 5) is 0. The summed E-state index contributed by atoms with van der Waals surface area (Å²) < 4.78 is 5.14. The molecule has 2 atom stereocenters. The lowest BCUT2D eigenvalue weighted by atomic mass is 10.1. The van der Waals surface area contributed by atoms with Crippen LogP contribution in [0.4, 0.5) is 0 Å². The minimum atomic E-state index is 0.299. The second-order valence-electron chi connectivity index (χ2n) is 3.75. The molecule has 1 aromatic heterocycles. The Morgan fingerprint density at radius 1 is 1.50 bits per heavy atom. The first-order valence-electron chi connectivity index (χ1n) is 4.72. The third-order valence-corrected chi connectivity index (χ3v) is 3.65. The third kappa shape index (κ3) is 1.14. The number of aromatic nitrogens is 2. The number of aliphatic hydroxyl groups is 1. The minimum absolute atomic E-state index is 0.299. The summed E-state index contributed by atoms with van der Waals surface area (Å²) >= 11 is 1.45. The van der Waals surface area contributed by atoms with Crippen molar-refractivity contribution in [3.05, 3.63) is 23.8 Å². The van der Waals surface area contributed by atoms with Gasteiger partial charge >= 0.3 is 0 Å². The monoisotopic (exact) mass is 206 g/mol. The van der Waals surface area contributed by atoms with Crippen LogP contribution >= 0.6 is 11.5 Å². The summed E-state index contributed by atoms with van der Waals surface area (Å²) in [6, 6.07) is 6.13.